The van der Waals surface area contributed by atoms with Gasteiger partial charge < -0.3 is 25.8 Å². The number of aryl methyl sites for hydroxylation is 1. The maximum absolute atomic E-state index is 6.32. The summed E-state index contributed by atoms with van der Waals surface area (Å²) in [5, 5.41) is 7.46. The third-order valence-corrected chi connectivity index (χ3v) is 5.69. The van der Waals surface area contributed by atoms with Gasteiger partial charge in [0, 0.05) is 6.07 Å². The van der Waals surface area contributed by atoms with E-state index in [1.807, 2.05) is 25.1 Å². The predicted octanol–water partition coefficient (Wildman–Crippen LogP) is 5.13. The molecule has 0 radical (unpaired) electrons. The lowest BCUT2D eigenvalue weighted by molar-refractivity contribution is 0.396. The fourth-order valence-corrected chi connectivity index (χ4v) is 4.10. The second-order valence-corrected chi connectivity index (χ2v) is 7.80. The highest BCUT2D eigenvalue weighted by Gasteiger charge is 2.15. The Kier molecular flexibility index (Phi) is 5.47. The summed E-state index contributed by atoms with van der Waals surface area (Å²) in [5.74, 6) is 1.89. The normalized spacial score (nSPS) is 10.8. The van der Waals surface area contributed by atoms with Crippen LogP contribution in [-0.4, -0.2) is 29.2 Å². The van der Waals surface area contributed by atoms with E-state index in [4.69, 9.17) is 26.8 Å². The Morgan fingerprint density at radius 2 is 1.77 bits per heavy atom. The van der Waals surface area contributed by atoms with E-state index in [1.165, 1.54) is 24.8 Å². The number of aromatic nitrogens is 3. The van der Waals surface area contributed by atoms with Gasteiger partial charge in [0.2, 0.25) is 0 Å². The molecule has 0 saturated heterocycles. The van der Waals surface area contributed by atoms with Crippen molar-refractivity contribution in [1.29, 1.82) is 0 Å². The van der Waals surface area contributed by atoms with Gasteiger partial charge in [-0.2, -0.15) is 0 Å². The molecule has 0 spiro atoms. The lowest BCUT2D eigenvalue weighted by Crippen LogP contribution is -2.06. The fraction of sp³-hybridized carbons (Fsp3) is 0.150. The van der Waals surface area contributed by atoms with Gasteiger partial charge in [0.15, 0.2) is 16.8 Å². The second-order valence-electron chi connectivity index (χ2n) is 6.36. The minimum atomic E-state index is 0.336. The van der Waals surface area contributed by atoms with E-state index in [-0.39, 0.29) is 0 Å². The Labute approximate surface area is 182 Å². The number of nitrogen functional groups attached to an aromatic ring is 1. The van der Waals surface area contributed by atoms with Crippen molar-refractivity contribution in [3.8, 4) is 11.5 Å². The van der Waals surface area contributed by atoms with Crippen LogP contribution < -0.4 is 25.8 Å². The number of methoxy groups -OCH3 is 2. The number of rotatable bonds is 6. The second kappa shape index (κ2) is 8.21. The fourth-order valence-electron chi connectivity index (χ4n) is 2.92. The molecule has 2 aromatic heterocycles. The first-order chi connectivity index (χ1) is 14.5. The smallest absolute Gasteiger partial charge is 0.189 e. The molecular weight excluding hydrogens is 424 g/mol. The van der Waals surface area contributed by atoms with Gasteiger partial charge in [0.1, 0.15) is 23.5 Å². The average Bonchev–Trinajstić information content (AvgIpc) is 3.15. The van der Waals surface area contributed by atoms with E-state index in [2.05, 4.69) is 25.6 Å². The van der Waals surface area contributed by atoms with Crippen molar-refractivity contribution in [2.24, 2.45) is 0 Å². The zero-order chi connectivity index (χ0) is 21.3. The van der Waals surface area contributed by atoms with E-state index < -0.39 is 0 Å². The van der Waals surface area contributed by atoms with Crippen molar-refractivity contribution in [2.45, 2.75) is 6.92 Å². The van der Waals surface area contributed by atoms with Gasteiger partial charge >= 0.3 is 0 Å². The monoisotopic (exact) mass is 442 g/mol. The van der Waals surface area contributed by atoms with Gasteiger partial charge in [-0.3, -0.25) is 0 Å². The summed E-state index contributed by atoms with van der Waals surface area (Å²) in [7, 11) is 3.09. The maximum Gasteiger partial charge on any atom is 0.189 e. The third kappa shape index (κ3) is 3.77. The summed E-state index contributed by atoms with van der Waals surface area (Å²) >= 11 is 7.78. The van der Waals surface area contributed by atoms with Gasteiger partial charge in [0.05, 0.1) is 35.1 Å². The number of nitrogens with zero attached hydrogens (tertiary/aromatic N) is 3. The summed E-state index contributed by atoms with van der Waals surface area (Å²) < 4.78 is 11.7. The van der Waals surface area contributed by atoms with Gasteiger partial charge in [-0.25, -0.2) is 15.0 Å². The summed E-state index contributed by atoms with van der Waals surface area (Å²) in [6.45, 7) is 2.03. The van der Waals surface area contributed by atoms with E-state index in [0.717, 1.165) is 15.8 Å². The van der Waals surface area contributed by atoms with Crippen molar-refractivity contribution in [1.82, 2.24) is 15.0 Å². The van der Waals surface area contributed by atoms with E-state index in [1.54, 1.807) is 19.2 Å². The highest BCUT2D eigenvalue weighted by atomic mass is 35.5. The predicted molar refractivity (Wildman–Crippen MR) is 122 cm³/mol. The van der Waals surface area contributed by atoms with Gasteiger partial charge in [-0.05, 0) is 24.6 Å². The first-order valence-corrected chi connectivity index (χ1v) is 10.1. The number of hydrogen-bond donors (Lipinski definition) is 3. The van der Waals surface area contributed by atoms with Crippen LogP contribution in [0.25, 0.3) is 10.2 Å². The van der Waals surface area contributed by atoms with Crippen LogP contribution >= 0.6 is 22.9 Å². The molecule has 0 fully saturated rings. The highest BCUT2D eigenvalue weighted by molar-refractivity contribution is 7.22. The molecule has 4 rings (SSSR count). The van der Waals surface area contributed by atoms with E-state index >= 15 is 0 Å². The van der Waals surface area contributed by atoms with Crippen LogP contribution in [0.2, 0.25) is 5.02 Å². The quantitative estimate of drug-likeness (QED) is 0.377. The van der Waals surface area contributed by atoms with Gasteiger partial charge in [0.25, 0.3) is 0 Å². The Morgan fingerprint density at radius 1 is 1.03 bits per heavy atom. The van der Waals surface area contributed by atoms with E-state index in [0.29, 0.717) is 44.7 Å². The number of nitrogens with one attached hydrogen (secondary N) is 2. The summed E-state index contributed by atoms with van der Waals surface area (Å²) in [6.07, 6.45) is 1.41. The number of halogens is 1. The molecule has 2 heterocycles. The molecule has 0 bridgehead atoms. The number of nitrogens with two attached hydrogens (primary N) is 1. The number of para-hydroxylation sites is 1. The SMILES string of the molecule is COc1cc(OC)c(Nc2ncnc(Nc3nc4c(C)cccc4s3)c2N)cc1Cl. The molecule has 0 aliphatic rings. The standard InChI is InChI=1S/C20H19ClN6O2S/c1-10-5-4-6-15-17(10)26-20(30-15)27-19-16(22)18(23-9-24-19)25-12-7-11(21)13(28-2)8-14(12)29-3/h4-9H,22H2,1-3H3,(H2,23,24,25,26,27). The zero-order valence-corrected chi connectivity index (χ0v) is 18.1. The van der Waals surface area contributed by atoms with Gasteiger partial charge in [-0.15, -0.1) is 0 Å². The van der Waals surface area contributed by atoms with E-state index in [9.17, 15) is 0 Å². The number of fused-ring (bicyclic) bond motifs is 1. The largest absolute Gasteiger partial charge is 0.495 e. The Morgan fingerprint density at radius 3 is 2.47 bits per heavy atom. The van der Waals surface area contributed by atoms with Crippen LogP contribution in [0.5, 0.6) is 11.5 Å². The van der Waals surface area contributed by atoms with Crippen LogP contribution in [0.1, 0.15) is 5.56 Å². The average molecular weight is 443 g/mol. The molecule has 2 aromatic carbocycles. The molecule has 0 aliphatic carbocycles. The Hall–Kier alpha value is -3.30. The molecule has 0 saturated carbocycles. The number of benzene rings is 2. The van der Waals surface area contributed by atoms with Crippen LogP contribution in [-0.2, 0) is 0 Å². The minimum Gasteiger partial charge on any atom is -0.495 e. The topological polar surface area (TPSA) is 107 Å². The number of ether oxygens (including phenoxy) is 2. The molecule has 0 unspecified atom stereocenters. The summed E-state index contributed by atoms with van der Waals surface area (Å²) in [4.78, 5) is 13.1. The first kappa shape index (κ1) is 20.0. The van der Waals surface area contributed by atoms with Crippen LogP contribution in [0, 0.1) is 6.92 Å². The molecule has 4 N–H and O–H groups in total. The van der Waals surface area contributed by atoms with Crippen molar-refractivity contribution in [3.05, 3.63) is 47.2 Å². The number of thiazole rings is 1. The lowest BCUT2D eigenvalue weighted by Gasteiger charge is -2.15. The third-order valence-electron chi connectivity index (χ3n) is 4.46. The molecule has 30 heavy (non-hydrogen) atoms. The minimum absolute atomic E-state index is 0.336. The Balaban J connectivity index is 1.65. The summed E-state index contributed by atoms with van der Waals surface area (Å²) in [5.41, 5.74) is 9.31. The highest BCUT2D eigenvalue weighted by Crippen LogP contribution is 2.39. The molecule has 10 heteroatoms. The summed E-state index contributed by atoms with van der Waals surface area (Å²) in [6, 6.07) is 9.43. The van der Waals surface area contributed by atoms with Crippen molar-refractivity contribution < 1.29 is 9.47 Å². The first-order valence-electron chi connectivity index (χ1n) is 8.92. The number of hydrogen-bond acceptors (Lipinski definition) is 9. The zero-order valence-electron chi connectivity index (χ0n) is 16.5. The Bertz CT molecular complexity index is 1230. The maximum atomic E-state index is 6.32. The molecule has 154 valence electrons. The molecule has 8 nitrogen and oxygen atoms in total. The molecule has 0 aliphatic heterocycles. The van der Waals surface area contributed by atoms with Crippen LogP contribution in [0.15, 0.2) is 36.7 Å². The molecule has 4 aromatic rings. The number of anilines is 5. The molecule has 0 atom stereocenters. The van der Waals surface area contributed by atoms with Crippen LogP contribution in [0.3, 0.4) is 0 Å². The van der Waals surface area contributed by atoms with Crippen molar-refractivity contribution >= 4 is 61.3 Å². The molecule has 0 amide bonds. The van der Waals surface area contributed by atoms with Gasteiger partial charge in [-0.1, -0.05) is 35.1 Å². The lowest BCUT2D eigenvalue weighted by atomic mass is 10.2. The van der Waals surface area contributed by atoms with Crippen molar-refractivity contribution in [2.75, 3.05) is 30.6 Å². The molecular formula is C20H19ClN6O2S. The van der Waals surface area contributed by atoms with Crippen LogP contribution in [0.4, 0.5) is 28.1 Å². The van der Waals surface area contributed by atoms with Crippen molar-refractivity contribution in [3.63, 3.8) is 0 Å².